The number of anilines is 1. The SMILES string of the molecule is CN(C)C1CCCCN(C(=O)Nc2cc(-c3cnn(C)c3)ccn2)C1. The number of urea groups is 1. The van der Waals surface area contributed by atoms with Gasteiger partial charge in [-0.3, -0.25) is 10.00 Å². The van der Waals surface area contributed by atoms with Gasteiger partial charge in [0.05, 0.1) is 6.20 Å². The van der Waals surface area contributed by atoms with Gasteiger partial charge in [0.25, 0.3) is 0 Å². The lowest BCUT2D eigenvalue weighted by molar-refractivity contribution is 0.189. The number of pyridine rings is 1. The molecule has 1 aliphatic rings. The first-order chi connectivity index (χ1) is 12.0. The van der Waals surface area contributed by atoms with Gasteiger partial charge in [-0.25, -0.2) is 9.78 Å². The van der Waals surface area contributed by atoms with Crippen molar-refractivity contribution in [2.45, 2.75) is 25.3 Å². The monoisotopic (exact) mass is 342 g/mol. The first kappa shape index (κ1) is 17.4. The van der Waals surface area contributed by atoms with Crippen molar-refractivity contribution in [2.75, 3.05) is 32.5 Å². The lowest BCUT2D eigenvalue weighted by Gasteiger charge is -2.28. The first-order valence-corrected chi connectivity index (χ1v) is 8.70. The molecule has 2 amide bonds. The highest BCUT2D eigenvalue weighted by Gasteiger charge is 2.23. The molecule has 1 fully saturated rings. The van der Waals surface area contributed by atoms with E-state index < -0.39 is 0 Å². The van der Waals surface area contributed by atoms with Gasteiger partial charge in [0.1, 0.15) is 5.82 Å². The van der Waals surface area contributed by atoms with Gasteiger partial charge in [-0.2, -0.15) is 5.10 Å². The molecule has 2 aromatic rings. The molecule has 0 radical (unpaired) electrons. The number of hydrogen-bond acceptors (Lipinski definition) is 4. The zero-order valence-corrected chi connectivity index (χ0v) is 15.1. The summed E-state index contributed by atoms with van der Waals surface area (Å²) < 4.78 is 1.76. The van der Waals surface area contributed by atoms with E-state index in [1.54, 1.807) is 17.1 Å². The van der Waals surface area contributed by atoms with Crippen molar-refractivity contribution in [3.63, 3.8) is 0 Å². The van der Waals surface area contributed by atoms with Gasteiger partial charge in [0, 0.05) is 44.1 Å². The smallest absolute Gasteiger partial charge is 0.323 e. The van der Waals surface area contributed by atoms with Crippen LogP contribution in [0.2, 0.25) is 0 Å². The number of hydrogen-bond donors (Lipinski definition) is 1. The summed E-state index contributed by atoms with van der Waals surface area (Å²) in [6, 6.07) is 4.13. The third kappa shape index (κ3) is 4.36. The lowest BCUT2D eigenvalue weighted by atomic mass is 10.1. The van der Waals surface area contributed by atoms with Crippen LogP contribution in [-0.4, -0.2) is 63.8 Å². The molecule has 1 atom stereocenters. The zero-order valence-electron chi connectivity index (χ0n) is 15.1. The predicted molar refractivity (Wildman–Crippen MR) is 98.4 cm³/mol. The molecule has 0 aliphatic carbocycles. The summed E-state index contributed by atoms with van der Waals surface area (Å²) in [7, 11) is 6.03. The standard InChI is InChI=1S/C18H26N6O/c1-22(2)16-6-4-5-9-24(13-16)18(25)21-17-10-14(7-8-19-17)15-11-20-23(3)12-15/h7-8,10-12,16H,4-6,9,13H2,1-3H3,(H,19,21,25). The molecule has 0 bridgehead atoms. The van der Waals surface area contributed by atoms with E-state index in [-0.39, 0.29) is 6.03 Å². The number of likely N-dealkylation sites (tertiary alicyclic amines) is 1. The minimum Gasteiger partial charge on any atom is -0.323 e. The van der Waals surface area contributed by atoms with E-state index in [2.05, 4.69) is 34.4 Å². The topological polar surface area (TPSA) is 66.3 Å². The summed E-state index contributed by atoms with van der Waals surface area (Å²) in [6.45, 7) is 1.54. The van der Waals surface area contributed by atoms with Crippen molar-refractivity contribution < 1.29 is 4.79 Å². The summed E-state index contributed by atoms with van der Waals surface area (Å²) >= 11 is 0. The van der Waals surface area contributed by atoms with Crippen molar-refractivity contribution in [3.8, 4) is 11.1 Å². The molecule has 3 heterocycles. The average molecular weight is 342 g/mol. The third-order valence-corrected chi connectivity index (χ3v) is 4.70. The number of carbonyl (C=O) groups excluding carboxylic acids is 1. The van der Waals surface area contributed by atoms with Gasteiger partial charge in [0.15, 0.2) is 0 Å². The Morgan fingerprint density at radius 2 is 2.16 bits per heavy atom. The average Bonchev–Trinajstić information content (AvgIpc) is 2.87. The van der Waals surface area contributed by atoms with Gasteiger partial charge in [0.2, 0.25) is 0 Å². The summed E-state index contributed by atoms with van der Waals surface area (Å²) in [6.07, 6.45) is 8.78. The van der Waals surface area contributed by atoms with E-state index in [1.807, 2.05) is 30.3 Å². The summed E-state index contributed by atoms with van der Waals surface area (Å²) in [5, 5.41) is 7.13. The third-order valence-electron chi connectivity index (χ3n) is 4.70. The van der Waals surface area contributed by atoms with Gasteiger partial charge in [-0.05, 0) is 44.6 Å². The Morgan fingerprint density at radius 3 is 2.88 bits per heavy atom. The highest BCUT2D eigenvalue weighted by molar-refractivity contribution is 5.89. The van der Waals surface area contributed by atoms with E-state index in [4.69, 9.17) is 0 Å². The number of nitrogens with one attached hydrogen (secondary N) is 1. The van der Waals surface area contributed by atoms with E-state index in [0.717, 1.165) is 43.5 Å². The summed E-state index contributed by atoms with van der Waals surface area (Å²) in [5.41, 5.74) is 1.99. The molecule has 1 N–H and O–H groups in total. The number of amides is 2. The number of aryl methyl sites for hydroxylation is 1. The Kier molecular flexibility index (Phi) is 5.33. The second-order valence-electron chi connectivity index (χ2n) is 6.82. The van der Waals surface area contributed by atoms with Gasteiger partial charge in [-0.1, -0.05) is 6.42 Å². The molecular formula is C18H26N6O. The number of aromatic nitrogens is 3. The predicted octanol–water partition coefficient (Wildman–Crippen LogP) is 2.43. The van der Waals surface area contributed by atoms with Crippen molar-refractivity contribution >= 4 is 11.8 Å². The normalized spacial score (nSPS) is 18.2. The molecule has 134 valence electrons. The van der Waals surface area contributed by atoms with Crippen LogP contribution in [0.3, 0.4) is 0 Å². The Morgan fingerprint density at radius 1 is 1.32 bits per heavy atom. The van der Waals surface area contributed by atoms with Crippen LogP contribution in [0.1, 0.15) is 19.3 Å². The molecule has 1 aliphatic heterocycles. The van der Waals surface area contributed by atoms with Crippen molar-refractivity contribution in [1.82, 2.24) is 24.6 Å². The van der Waals surface area contributed by atoms with Crippen molar-refractivity contribution in [1.29, 1.82) is 0 Å². The maximum absolute atomic E-state index is 12.7. The minimum atomic E-state index is -0.0791. The summed E-state index contributed by atoms with van der Waals surface area (Å²) in [5.74, 6) is 0.567. The molecule has 7 heteroatoms. The molecule has 0 spiro atoms. The maximum atomic E-state index is 12.7. The van der Waals surface area contributed by atoms with E-state index >= 15 is 0 Å². The van der Waals surface area contributed by atoms with Crippen LogP contribution in [0, 0.1) is 0 Å². The largest absolute Gasteiger partial charge is 0.323 e. The van der Waals surface area contributed by atoms with Gasteiger partial charge < -0.3 is 9.80 Å². The van der Waals surface area contributed by atoms with Crippen LogP contribution in [0.4, 0.5) is 10.6 Å². The molecule has 0 saturated carbocycles. The van der Waals surface area contributed by atoms with Crippen molar-refractivity contribution in [3.05, 3.63) is 30.7 Å². The van der Waals surface area contributed by atoms with Gasteiger partial charge >= 0.3 is 6.03 Å². The molecule has 2 aromatic heterocycles. The lowest BCUT2D eigenvalue weighted by Crippen LogP contribution is -2.43. The quantitative estimate of drug-likeness (QED) is 0.930. The number of nitrogens with zero attached hydrogens (tertiary/aromatic N) is 5. The molecule has 7 nitrogen and oxygen atoms in total. The Bertz CT molecular complexity index is 726. The second-order valence-corrected chi connectivity index (χ2v) is 6.82. The number of likely N-dealkylation sites (N-methyl/N-ethyl adjacent to an activating group) is 1. The molecule has 0 aromatic carbocycles. The Hall–Kier alpha value is -2.41. The van der Waals surface area contributed by atoms with E-state index in [1.165, 1.54) is 0 Å². The fourth-order valence-electron chi connectivity index (χ4n) is 3.16. The van der Waals surface area contributed by atoms with Gasteiger partial charge in [-0.15, -0.1) is 0 Å². The molecule has 1 saturated heterocycles. The van der Waals surface area contributed by atoms with Crippen LogP contribution >= 0.6 is 0 Å². The molecule has 1 unspecified atom stereocenters. The van der Waals surface area contributed by atoms with E-state index in [0.29, 0.717) is 11.9 Å². The fourth-order valence-corrected chi connectivity index (χ4v) is 3.16. The van der Waals surface area contributed by atoms with Crippen LogP contribution in [0.25, 0.3) is 11.1 Å². The Balaban J connectivity index is 1.70. The molecular weight excluding hydrogens is 316 g/mol. The first-order valence-electron chi connectivity index (χ1n) is 8.70. The van der Waals surface area contributed by atoms with Crippen molar-refractivity contribution in [2.24, 2.45) is 7.05 Å². The summed E-state index contributed by atoms with van der Waals surface area (Å²) in [4.78, 5) is 21.1. The minimum absolute atomic E-state index is 0.0791. The van der Waals surface area contributed by atoms with Crippen LogP contribution in [-0.2, 0) is 7.05 Å². The highest BCUT2D eigenvalue weighted by Crippen LogP contribution is 2.21. The molecule has 25 heavy (non-hydrogen) atoms. The number of carbonyl (C=O) groups is 1. The molecule has 3 rings (SSSR count). The van der Waals surface area contributed by atoms with Crippen LogP contribution in [0.15, 0.2) is 30.7 Å². The Labute approximate surface area is 148 Å². The maximum Gasteiger partial charge on any atom is 0.323 e. The fraction of sp³-hybridized carbons (Fsp3) is 0.500. The van der Waals surface area contributed by atoms with Crippen LogP contribution in [0.5, 0.6) is 0 Å². The van der Waals surface area contributed by atoms with E-state index in [9.17, 15) is 4.79 Å². The zero-order chi connectivity index (χ0) is 17.8. The highest BCUT2D eigenvalue weighted by atomic mass is 16.2. The van der Waals surface area contributed by atoms with Crippen LogP contribution < -0.4 is 5.32 Å². The second kappa shape index (κ2) is 7.65. The number of rotatable bonds is 3.